The molecule has 0 aliphatic rings. The second-order valence-electron chi connectivity index (χ2n) is 5.70. The van der Waals surface area contributed by atoms with Gasteiger partial charge in [-0.1, -0.05) is 0 Å². The summed E-state index contributed by atoms with van der Waals surface area (Å²) in [6.45, 7) is 1.44. The van der Waals surface area contributed by atoms with Gasteiger partial charge in [0.15, 0.2) is 0 Å². The molecule has 0 atom stereocenters. The van der Waals surface area contributed by atoms with Gasteiger partial charge in [0.25, 0.3) is 5.91 Å². The number of carbonyl (C=O) groups is 1. The number of pyridine rings is 1. The first-order valence-electron chi connectivity index (χ1n) is 8.09. The van der Waals surface area contributed by atoms with Gasteiger partial charge in [0.1, 0.15) is 11.3 Å². The lowest BCUT2D eigenvalue weighted by Crippen LogP contribution is -2.29. The highest BCUT2D eigenvalue weighted by atomic mass is 16.5. The number of nitrogens with zero attached hydrogens (tertiary/aromatic N) is 2. The monoisotopic (exact) mass is 356 g/mol. The standard InChI is InChI=1S/C18H20N4O4/c1-25-6-5-22-11-19-8-12(22)9-21-18(24)15-10-20-16-4-3-13(26-2)7-14(16)17(15)23/h3-4,7-8,10-11H,5-6,9H2,1-2H3,(H,20,23)(H,21,24). The summed E-state index contributed by atoms with van der Waals surface area (Å²) in [7, 11) is 3.15. The van der Waals surface area contributed by atoms with E-state index in [0.29, 0.717) is 29.8 Å². The van der Waals surface area contributed by atoms with Crippen molar-refractivity contribution in [1.82, 2.24) is 19.9 Å². The van der Waals surface area contributed by atoms with Crippen LogP contribution in [-0.4, -0.2) is 41.3 Å². The Hall–Kier alpha value is -3.13. The molecule has 0 fully saturated rings. The second-order valence-corrected chi connectivity index (χ2v) is 5.70. The first-order chi connectivity index (χ1) is 12.6. The third-order valence-electron chi connectivity index (χ3n) is 4.10. The molecule has 3 aromatic rings. The number of rotatable bonds is 7. The Labute approximate surface area is 149 Å². The number of ether oxygens (including phenoxy) is 2. The van der Waals surface area contributed by atoms with Crippen molar-refractivity contribution in [3.8, 4) is 5.75 Å². The zero-order chi connectivity index (χ0) is 18.5. The predicted molar refractivity (Wildman–Crippen MR) is 96.4 cm³/mol. The second kappa shape index (κ2) is 7.83. The molecule has 0 radical (unpaired) electrons. The number of H-pyrrole nitrogens is 1. The summed E-state index contributed by atoms with van der Waals surface area (Å²) in [6, 6.07) is 5.11. The Morgan fingerprint density at radius 1 is 1.35 bits per heavy atom. The van der Waals surface area contributed by atoms with Crippen LogP contribution in [0.1, 0.15) is 16.1 Å². The highest BCUT2D eigenvalue weighted by molar-refractivity contribution is 5.97. The predicted octanol–water partition coefficient (Wildman–Crippen LogP) is 1.31. The summed E-state index contributed by atoms with van der Waals surface area (Å²) in [5, 5.41) is 3.17. The number of amides is 1. The molecule has 0 aliphatic carbocycles. The van der Waals surface area contributed by atoms with Crippen LogP contribution in [-0.2, 0) is 17.8 Å². The van der Waals surface area contributed by atoms with Gasteiger partial charge in [0.2, 0.25) is 5.43 Å². The summed E-state index contributed by atoms with van der Waals surface area (Å²) in [5.41, 5.74) is 1.18. The SMILES string of the molecule is COCCn1cncc1CNC(=O)c1c[nH]c2ccc(OC)cc2c1=O. The summed E-state index contributed by atoms with van der Waals surface area (Å²) in [6.07, 6.45) is 4.77. The lowest BCUT2D eigenvalue weighted by Gasteiger charge is -2.09. The van der Waals surface area contributed by atoms with E-state index in [0.717, 1.165) is 5.69 Å². The van der Waals surface area contributed by atoms with Crippen molar-refractivity contribution in [2.45, 2.75) is 13.1 Å². The van der Waals surface area contributed by atoms with Crippen LogP contribution in [0.4, 0.5) is 0 Å². The van der Waals surface area contributed by atoms with Gasteiger partial charge in [-0.15, -0.1) is 0 Å². The van der Waals surface area contributed by atoms with Crippen LogP contribution < -0.4 is 15.5 Å². The Morgan fingerprint density at radius 2 is 2.19 bits per heavy atom. The van der Waals surface area contributed by atoms with Crippen LogP contribution in [0.5, 0.6) is 5.75 Å². The lowest BCUT2D eigenvalue weighted by molar-refractivity contribution is 0.0948. The topological polar surface area (TPSA) is 98.2 Å². The summed E-state index contributed by atoms with van der Waals surface area (Å²) < 4.78 is 12.1. The largest absolute Gasteiger partial charge is 0.497 e. The van der Waals surface area contributed by atoms with Crippen molar-refractivity contribution in [3.63, 3.8) is 0 Å². The van der Waals surface area contributed by atoms with Gasteiger partial charge in [-0.25, -0.2) is 4.98 Å². The number of hydrogen-bond acceptors (Lipinski definition) is 5. The number of fused-ring (bicyclic) bond motifs is 1. The molecule has 0 saturated carbocycles. The minimum atomic E-state index is -0.449. The zero-order valence-corrected chi connectivity index (χ0v) is 14.6. The Morgan fingerprint density at radius 3 is 2.96 bits per heavy atom. The first kappa shape index (κ1) is 17.7. The molecule has 2 N–H and O–H groups in total. The van der Waals surface area contributed by atoms with Gasteiger partial charge in [0.05, 0.1) is 32.3 Å². The van der Waals surface area contributed by atoms with E-state index >= 15 is 0 Å². The number of carbonyl (C=O) groups excluding carboxylic acids is 1. The molecule has 0 spiro atoms. The number of imidazole rings is 1. The quantitative estimate of drug-likeness (QED) is 0.665. The third kappa shape index (κ3) is 3.60. The van der Waals surface area contributed by atoms with Gasteiger partial charge in [-0.3, -0.25) is 9.59 Å². The van der Waals surface area contributed by atoms with E-state index in [1.54, 1.807) is 37.8 Å². The average molecular weight is 356 g/mol. The molecule has 3 rings (SSSR count). The Balaban J connectivity index is 1.79. The number of benzene rings is 1. The maximum absolute atomic E-state index is 12.6. The molecule has 2 aromatic heterocycles. The third-order valence-corrected chi connectivity index (χ3v) is 4.10. The maximum atomic E-state index is 12.6. The molecule has 2 heterocycles. The maximum Gasteiger partial charge on any atom is 0.257 e. The zero-order valence-electron chi connectivity index (χ0n) is 14.6. The highest BCUT2D eigenvalue weighted by Crippen LogP contribution is 2.16. The lowest BCUT2D eigenvalue weighted by atomic mass is 10.1. The molecule has 1 amide bonds. The molecule has 0 saturated heterocycles. The molecule has 0 bridgehead atoms. The van der Waals surface area contributed by atoms with E-state index in [1.165, 1.54) is 13.3 Å². The number of hydrogen-bond donors (Lipinski definition) is 2. The van der Waals surface area contributed by atoms with Crippen LogP contribution in [0.2, 0.25) is 0 Å². The molecule has 0 unspecified atom stereocenters. The van der Waals surface area contributed by atoms with Crippen LogP contribution in [0.3, 0.4) is 0 Å². The minimum absolute atomic E-state index is 0.0497. The highest BCUT2D eigenvalue weighted by Gasteiger charge is 2.14. The van der Waals surface area contributed by atoms with E-state index in [4.69, 9.17) is 9.47 Å². The fourth-order valence-electron chi connectivity index (χ4n) is 2.65. The van der Waals surface area contributed by atoms with E-state index in [1.807, 2.05) is 4.57 Å². The molecule has 0 aliphatic heterocycles. The van der Waals surface area contributed by atoms with E-state index < -0.39 is 5.91 Å². The van der Waals surface area contributed by atoms with Crippen LogP contribution in [0.15, 0.2) is 41.7 Å². The summed E-state index contributed by atoms with van der Waals surface area (Å²) in [4.78, 5) is 32.2. The Bertz CT molecular complexity index is 977. The average Bonchev–Trinajstić information content (AvgIpc) is 3.12. The van der Waals surface area contributed by atoms with Crippen molar-refractivity contribution >= 4 is 16.8 Å². The molecule has 8 heteroatoms. The fraction of sp³-hybridized carbons (Fsp3) is 0.278. The van der Waals surface area contributed by atoms with Gasteiger partial charge in [-0.05, 0) is 18.2 Å². The number of methoxy groups -OCH3 is 2. The van der Waals surface area contributed by atoms with Crippen molar-refractivity contribution in [3.05, 3.63) is 58.4 Å². The van der Waals surface area contributed by atoms with E-state index in [-0.39, 0.29) is 17.5 Å². The minimum Gasteiger partial charge on any atom is -0.497 e. The normalized spacial score (nSPS) is 10.8. The molecular formula is C18H20N4O4. The van der Waals surface area contributed by atoms with Crippen LogP contribution in [0.25, 0.3) is 10.9 Å². The van der Waals surface area contributed by atoms with Crippen molar-refractivity contribution < 1.29 is 14.3 Å². The van der Waals surface area contributed by atoms with E-state index in [9.17, 15) is 9.59 Å². The van der Waals surface area contributed by atoms with Gasteiger partial charge >= 0.3 is 0 Å². The van der Waals surface area contributed by atoms with Crippen molar-refractivity contribution in [1.29, 1.82) is 0 Å². The Kier molecular flexibility index (Phi) is 5.33. The van der Waals surface area contributed by atoms with Crippen LogP contribution >= 0.6 is 0 Å². The van der Waals surface area contributed by atoms with E-state index in [2.05, 4.69) is 15.3 Å². The molecule has 136 valence electrons. The molecule has 1 aromatic carbocycles. The first-order valence-corrected chi connectivity index (χ1v) is 8.09. The van der Waals surface area contributed by atoms with Crippen LogP contribution in [0, 0.1) is 0 Å². The number of aromatic amines is 1. The summed E-state index contributed by atoms with van der Waals surface area (Å²) in [5.74, 6) is 0.109. The fourth-order valence-corrected chi connectivity index (χ4v) is 2.65. The smallest absolute Gasteiger partial charge is 0.257 e. The molecular weight excluding hydrogens is 336 g/mol. The number of nitrogens with one attached hydrogen (secondary N) is 2. The number of aromatic nitrogens is 3. The van der Waals surface area contributed by atoms with Gasteiger partial charge in [-0.2, -0.15) is 0 Å². The van der Waals surface area contributed by atoms with Crippen molar-refractivity contribution in [2.24, 2.45) is 0 Å². The molecule has 26 heavy (non-hydrogen) atoms. The summed E-state index contributed by atoms with van der Waals surface area (Å²) >= 11 is 0. The van der Waals surface area contributed by atoms with Gasteiger partial charge < -0.3 is 24.3 Å². The van der Waals surface area contributed by atoms with Gasteiger partial charge in [0, 0.05) is 37.0 Å². The molecule has 8 nitrogen and oxygen atoms in total. The van der Waals surface area contributed by atoms with Crippen molar-refractivity contribution in [2.75, 3.05) is 20.8 Å².